The van der Waals surface area contributed by atoms with Crippen molar-refractivity contribution in [1.29, 1.82) is 0 Å². The van der Waals surface area contributed by atoms with E-state index in [9.17, 15) is 4.79 Å². The molecule has 0 bridgehead atoms. The SMILES string of the molecule is CCCc1ccc2c(c1)CCc1ccc(CCc3ccccc3)cc1C2N(C)CCOc1ccc(CC(OC)C(=O)OCC)cc1. The lowest BCUT2D eigenvalue weighted by atomic mass is 9.90. The molecule has 46 heavy (non-hydrogen) atoms. The second-order valence-electron chi connectivity index (χ2n) is 12.4. The standard InChI is InChI=1S/C41H49NO4/c1-5-10-31-18-24-37-35(27-31)21-20-34-19-15-32(14-13-30-11-8-7-9-12-30)28-38(34)40(37)42(3)25-26-46-36-22-16-33(17-23-36)29-39(44-4)41(43)45-6-2/h7-9,11-12,15-19,22-24,27-28,39-40H,5-6,10,13-14,20-21,25-26,29H2,1-4H3. The topological polar surface area (TPSA) is 48.0 Å². The highest BCUT2D eigenvalue weighted by atomic mass is 16.6. The number of carbonyl (C=O) groups excluding carboxylic acids is 1. The maximum Gasteiger partial charge on any atom is 0.335 e. The lowest BCUT2D eigenvalue weighted by Gasteiger charge is -2.31. The summed E-state index contributed by atoms with van der Waals surface area (Å²) in [4.78, 5) is 14.6. The van der Waals surface area contributed by atoms with Gasteiger partial charge in [-0.15, -0.1) is 0 Å². The highest BCUT2D eigenvalue weighted by molar-refractivity contribution is 5.75. The van der Waals surface area contributed by atoms with Gasteiger partial charge in [-0.2, -0.15) is 0 Å². The fourth-order valence-corrected chi connectivity index (χ4v) is 6.58. The quantitative estimate of drug-likeness (QED) is 0.127. The highest BCUT2D eigenvalue weighted by Gasteiger charge is 2.27. The summed E-state index contributed by atoms with van der Waals surface area (Å²) < 4.78 is 16.7. The van der Waals surface area contributed by atoms with E-state index < -0.39 is 6.10 Å². The molecule has 0 spiro atoms. The molecule has 4 aromatic rings. The zero-order valence-corrected chi connectivity index (χ0v) is 28.0. The lowest BCUT2D eigenvalue weighted by Crippen LogP contribution is -2.30. The number of carbonyl (C=O) groups is 1. The minimum absolute atomic E-state index is 0.166. The lowest BCUT2D eigenvalue weighted by molar-refractivity contribution is -0.154. The van der Waals surface area contributed by atoms with Crippen LogP contribution in [-0.4, -0.2) is 50.9 Å². The van der Waals surface area contributed by atoms with E-state index in [0.29, 0.717) is 19.6 Å². The van der Waals surface area contributed by atoms with Gasteiger partial charge in [0.15, 0.2) is 6.10 Å². The number of hydrogen-bond acceptors (Lipinski definition) is 5. The van der Waals surface area contributed by atoms with Gasteiger partial charge in [-0.3, -0.25) is 4.90 Å². The van der Waals surface area contributed by atoms with E-state index in [-0.39, 0.29) is 12.0 Å². The van der Waals surface area contributed by atoms with Crippen molar-refractivity contribution in [2.45, 2.75) is 70.9 Å². The molecule has 0 radical (unpaired) electrons. The van der Waals surface area contributed by atoms with Gasteiger partial charge in [0.2, 0.25) is 0 Å². The van der Waals surface area contributed by atoms with Crippen LogP contribution in [0.4, 0.5) is 0 Å². The molecule has 2 unspecified atom stereocenters. The van der Waals surface area contributed by atoms with E-state index in [1.54, 1.807) is 6.92 Å². The molecule has 5 heteroatoms. The molecule has 1 aliphatic carbocycles. The average molecular weight is 620 g/mol. The van der Waals surface area contributed by atoms with Gasteiger partial charge in [0.25, 0.3) is 0 Å². The van der Waals surface area contributed by atoms with Crippen molar-refractivity contribution >= 4 is 5.97 Å². The van der Waals surface area contributed by atoms with Crippen LogP contribution in [0, 0.1) is 0 Å². The second kappa shape index (κ2) is 16.6. The Hall–Kier alpha value is -3.93. The Balaban J connectivity index is 1.31. The number of benzene rings is 4. The van der Waals surface area contributed by atoms with Crippen LogP contribution in [0.2, 0.25) is 0 Å². The number of fused-ring (bicyclic) bond motifs is 2. The van der Waals surface area contributed by atoms with Gasteiger partial charge in [0.05, 0.1) is 12.6 Å². The van der Waals surface area contributed by atoms with Crippen molar-refractivity contribution < 1.29 is 19.0 Å². The molecule has 0 N–H and O–H groups in total. The number of methoxy groups -OCH3 is 1. The largest absolute Gasteiger partial charge is 0.492 e. The number of hydrogen-bond donors (Lipinski definition) is 0. The van der Waals surface area contributed by atoms with E-state index in [2.05, 4.69) is 85.6 Å². The van der Waals surface area contributed by atoms with E-state index in [1.807, 2.05) is 24.3 Å². The van der Waals surface area contributed by atoms with Crippen LogP contribution in [0.3, 0.4) is 0 Å². The van der Waals surface area contributed by atoms with Crippen molar-refractivity contribution in [3.63, 3.8) is 0 Å². The first-order chi connectivity index (χ1) is 22.5. The van der Waals surface area contributed by atoms with Gasteiger partial charge in [-0.25, -0.2) is 4.79 Å². The number of nitrogens with zero attached hydrogens (tertiary/aromatic N) is 1. The third-order valence-corrected chi connectivity index (χ3v) is 9.09. The first kappa shape index (κ1) is 33.4. The Morgan fingerprint density at radius 2 is 1.48 bits per heavy atom. The highest BCUT2D eigenvalue weighted by Crippen LogP contribution is 2.37. The number of ether oxygens (including phenoxy) is 3. The first-order valence-electron chi connectivity index (χ1n) is 16.9. The summed E-state index contributed by atoms with van der Waals surface area (Å²) in [7, 11) is 3.77. The summed E-state index contributed by atoms with van der Waals surface area (Å²) in [5.41, 5.74) is 11.0. The summed E-state index contributed by atoms with van der Waals surface area (Å²) in [5.74, 6) is 0.483. The van der Waals surface area contributed by atoms with E-state index >= 15 is 0 Å². The Bertz CT molecular complexity index is 1550. The molecule has 0 saturated carbocycles. The summed E-state index contributed by atoms with van der Waals surface area (Å²) >= 11 is 0. The Morgan fingerprint density at radius 3 is 2.22 bits per heavy atom. The Kier molecular flexibility index (Phi) is 12.0. The third-order valence-electron chi connectivity index (χ3n) is 9.09. The van der Waals surface area contributed by atoms with Gasteiger partial charge in [0.1, 0.15) is 12.4 Å². The van der Waals surface area contributed by atoms with Crippen LogP contribution in [0.25, 0.3) is 0 Å². The Morgan fingerprint density at radius 1 is 0.783 bits per heavy atom. The molecular weight excluding hydrogens is 570 g/mol. The molecular formula is C41H49NO4. The molecule has 2 atom stereocenters. The minimum atomic E-state index is -0.609. The maximum atomic E-state index is 12.1. The summed E-state index contributed by atoms with van der Waals surface area (Å²) in [6.07, 6.45) is 6.32. The number of likely N-dealkylation sites (N-methyl/N-ethyl adjacent to an activating group) is 1. The Labute approximate surface area is 275 Å². The van der Waals surface area contributed by atoms with Crippen LogP contribution in [0.5, 0.6) is 5.75 Å². The number of esters is 1. The van der Waals surface area contributed by atoms with Crippen LogP contribution >= 0.6 is 0 Å². The fourth-order valence-electron chi connectivity index (χ4n) is 6.58. The summed E-state index contributed by atoms with van der Waals surface area (Å²) in [5, 5.41) is 0. The van der Waals surface area contributed by atoms with Crippen LogP contribution in [0.15, 0.2) is 91.0 Å². The monoisotopic (exact) mass is 619 g/mol. The van der Waals surface area contributed by atoms with Gasteiger partial charge >= 0.3 is 5.97 Å². The molecule has 4 aromatic carbocycles. The number of rotatable bonds is 15. The van der Waals surface area contributed by atoms with Gasteiger partial charge < -0.3 is 14.2 Å². The van der Waals surface area contributed by atoms with E-state index in [1.165, 1.54) is 46.1 Å². The predicted molar refractivity (Wildman–Crippen MR) is 186 cm³/mol. The predicted octanol–water partition coefficient (Wildman–Crippen LogP) is 7.74. The van der Waals surface area contributed by atoms with Gasteiger partial charge in [-0.1, -0.05) is 92.2 Å². The smallest absolute Gasteiger partial charge is 0.335 e. The summed E-state index contributed by atoms with van der Waals surface area (Å²) in [6, 6.07) is 33.2. The molecule has 5 nitrogen and oxygen atoms in total. The van der Waals surface area contributed by atoms with Gasteiger partial charge in [0, 0.05) is 20.1 Å². The fraction of sp³-hybridized carbons (Fsp3) is 0.390. The molecule has 0 aromatic heterocycles. The van der Waals surface area contributed by atoms with Crippen LogP contribution in [-0.2, 0) is 52.8 Å². The zero-order valence-electron chi connectivity index (χ0n) is 28.0. The average Bonchev–Trinajstić information content (AvgIpc) is 3.24. The van der Waals surface area contributed by atoms with Crippen molar-refractivity contribution in [3.8, 4) is 5.75 Å². The normalized spacial score (nSPS) is 14.7. The molecule has 242 valence electrons. The van der Waals surface area contributed by atoms with Gasteiger partial charge in [-0.05, 0) is 103 Å². The third kappa shape index (κ3) is 8.65. The summed E-state index contributed by atoms with van der Waals surface area (Å²) in [6.45, 7) is 5.75. The number of aryl methyl sites for hydroxylation is 5. The maximum absolute atomic E-state index is 12.1. The van der Waals surface area contributed by atoms with Crippen molar-refractivity contribution in [1.82, 2.24) is 4.90 Å². The van der Waals surface area contributed by atoms with Crippen LogP contribution in [0.1, 0.15) is 70.8 Å². The van der Waals surface area contributed by atoms with Crippen molar-refractivity contribution in [2.24, 2.45) is 0 Å². The van der Waals surface area contributed by atoms with E-state index in [0.717, 1.165) is 56.4 Å². The van der Waals surface area contributed by atoms with E-state index in [4.69, 9.17) is 14.2 Å². The van der Waals surface area contributed by atoms with Crippen molar-refractivity contribution in [2.75, 3.05) is 33.9 Å². The molecule has 0 fully saturated rings. The molecule has 0 saturated heterocycles. The second-order valence-corrected chi connectivity index (χ2v) is 12.4. The zero-order chi connectivity index (χ0) is 32.3. The molecule has 0 heterocycles. The molecule has 5 rings (SSSR count). The first-order valence-corrected chi connectivity index (χ1v) is 16.9. The molecule has 0 amide bonds. The minimum Gasteiger partial charge on any atom is -0.492 e. The van der Waals surface area contributed by atoms with Crippen molar-refractivity contribution in [3.05, 3.63) is 136 Å². The van der Waals surface area contributed by atoms with Crippen LogP contribution < -0.4 is 4.74 Å². The molecule has 0 aliphatic heterocycles. The molecule has 1 aliphatic rings.